The second-order valence-electron chi connectivity index (χ2n) is 5.25. The van der Waals surface area contributed by atoms with Gasteiger partial charge in [-0.2, -0.15) is 0 Å². The summed E-state index contributed by atoms with van der Waals surface area (Å²) in [6.07, 6.45) is 5.90. The highest BCUT2D eigenvalue weighted by atomic mass is 80.0. The number of benzene rings is 1. The molecular formula is C16H20BrF3O3S. The molecule has 1 aromatic carbocycles. The topological polar surface area (TPSA) is 69.2 Å². The molecule has 0 amide bonds. The van der Waals surface area contributed by atoms with E-state index in [0.29, 0.717) is 16.0 Å². The molecule has 1 atom stereocenters. The van der Waals surface area contributed by atoms with E-state index in [0.717, 1.165) is 31.1 Å². The molecular weight excluding hydrogens is 409 g/mol. The summed E-state index contributed by atoms with van der Waals surface area (Å²) >= 11 is -3.65. The van der Waals surface area contributed by atoms with E-state index in [-0.39, 0.29) is 0 Å². The molecule has 0 aliphatic carbocycles. The molecule has 1 unspecified atom stereocenters. The van der Waals surface area contributed by atoms with Crippen molar-refractivity contribution in [2.24, 2.45) is 0 Å². The molecule has 0 fully saturated rings. The number of fused-ring (bicyclic) bond motifs is 1. The Kier molecular flexibility index (Phi) is 9.22. The fourth-order valence-electron chi connectivity index (χ4n) is 2.51. The fraction of sp³-hybridized carbons (Fsp3) is 0.500. The van der Waals surface area contributed by atoms with Crippen LogP contribution in [0.1, 0.15) is 43.9 Å². The molecule has 24 heavy (non-hydrogen) atoms. The molecule has 1 aromatic heterocycles. The first kappa shape index (κ1) is 21.4. The van der Waals surface area contributed by atoms with Crippen LogP contribution in [-0.2, 0) is 11.9 Å². The second kappa shape index (κ2) is 10.4. The maximum Gasteiger partial charge on any atom is 0.600 e. The second-order valence-corrected chi connectivity index (χ2v) is 8.09. The Bertz CT molecular complexity index is 611. The number of hydrogen-bond donors (Lipinski definition) is 0. The van der Waals surface area contributed by atoms with Crippen molar-refractivity contribution in [2.75, 3.05) is 0 Å². The van der Waals surface area contributed by atoms with E-state index in [2.05, 4.69) is 6.92 Å². The van der Waals surface area contributed by atoms with Crippen LogP contribution in [0.3, 0.4) is 0 Å². The van der Waals surface area contributed by atoms with Gasteiger partial charge in [0.15, 0.2) is 9.58 Å². The van der Waals surface area contributed by atoms with Crippen LogP contribution < -0.4 is 12.6 Å². The van der Waals surface area contributed by atoms with Gasteiger partial charge in [-0.15, -0.1) is 13.2 Å². The normalized spacial score (nSPS) is 12.4. The van der Waals surface area contributed by atoms with Crippen molar-refractivity contribution >= 4 is 20.6 Å². The maximum atomic E-state index is 13.3. The summed E-state index contributed by atoms with van der Waals surface area (Å²) in [5, 5.41) is 0.747. The lowest BCUT2D eigenvalue weighted by Crippen LogP contribution is -2.42. The largest absolute Gasteiger partial charge is 0.600 e. The van der Waals surface area contributed by atoms with Crippen molar-refractivity contribution in [1.29, 1.82) is 0 Å². The van der Waals surface area contributed by atoms with Gasteiger partial charge in [-0.25, -0.2) is 0 Å². The Balaban J connectivity index is 0.000000648. The SMILES string of the molecule is CCCCCCCc1cc2ccccc2[s+]1C(F)(F)F.[O-][Br+2]([O-])[O-]. The monoisotopic (exact) mass is 428 g/mol. The number of hydrogen-bond acceptors (Lipinski definition) is 3. The zero-order chi connectivity index (χ0) is 18.2. The summed E-state index contributed by atoms with van der Waals surface area (Å²) in [5.74, 6) is 0. The van der Waals surface area contributed by atoms with E-state index < -0.39 is 30.8 Å². The summed E-state index contributed by atoms with van der Waals surface area (Å²) in [7, 11) is -1.70. The van der Waals surface area contributed by atoms with Gasteiger partial charge in [0.05, 0.1) is 10.5 Å². The first-order chi connectivity index (χ1) is 11.3. The molecule has 0 radical (unpaired) electrons. The minimum absolute atomic E-state index is 0.448. The highest BCUT2D eigenvalue weighted by molar-refractivity contribution is 7.38. The van der Waals surface area contributed by atoms with Crippen LogP contribution in [-0.4, -0.2) is 0 Å². The maximum absolute atomic E-state index is 13.3. The molecule has 8 heteroatoms. The standard InChI is InChI=1S/C16H20F3S.BrO3/c1-2-3-4-5-6-10-14-12-13-9-7-8-11-15(13)20(14)16(17,18)19;2-1(3)4/h7-9,11-12H,2-6,10H2,1H3;/q+1;-1. The first-order valence-electron chi connectivity index (χ1n) is 7.61. The van der Waals surface area contributed by atoms with Gasteiger partial charge >= 0.3 is 5.51 Å². The highest BCUT2D eigenvalue weighted by Crippen LogP contribution is 2.51. The van der Waals surface area contributed by atoms with E-state index in [9.17, 15) is 13.2 Å². The van der Waals surface area contributed by atoms with E-state index in [1.165, 1.54) is 6.42 Å². The Morgan fingerprint density at radius 3 is 2.17 bits per heavy atom. The van der Waals surface area contributed by atoms with Crippen molar-refractivity contribution < 1.29 is 40.6 Å². The van der Waals surface area contributed by atoms with Gasteiger partial charge in [-0.3, -0.25) is 0 Å². The molecule has 136 valence electrons. The van der Waals surface area contributed by atoms with Gasteiger partial charge < -0.3 is 12.6 Å². The molecule has 1 heterocycles. The number of alkyl halides is 3. The lowest BCUT2D eigenvalue weighted by atomic mass is 10.1. The Labute approximate surface area is 147 Å². The minimum Gasteiger partial charge on any atom is -0.405 e. The molecule has 0 saturated heterocycles. The third-order valence-electron chi connectivity index (χ3n) is 3.48. The van der Waals surface area contributed by atoms with Crippen molar-refractivity contribution in [3.05, 3.63) is 35.2 Å². The predicted octanol–water partition coefficient (Wildman–Crippen LogP) is 3.01. The zero-order valence-electron chi connectivity index (χ0n) is 13.3. The van der Waals surface area contributed by atoms with Gasteiger partial charge in [0.2, 0.25) is 14.8 Å². The predicted molar refractivity (Wildman–Crippen MR) is 80.2 cm³/mol. The van der Waals surface area contributed by atoms with E-state index in [1.807, 2.05) is 0 Å². The lowest BCUT2D eigenvalue weighted by molar-refractivity contribution is -1.73. The number of unbranched alkanes of at least 4 members (excludes halogenated alkanes) is 4. The van der Waals surface area contributed by atoms with Gasteiger partial charge in [0.1, 0.15) is 0 Å². The fourth-order valence-corrected chi connectivity index (χ4v) is 4.51. The molecule has 0 bridgehead atoms. The third-order valence-corrected chi connectivity index (χ3v) is 5.60. The van der Waals surface area contributed by atoms with Crippen LogP contribution in [0.25, 0.3) is 10.1 Å². The molecule has 3 nitrogen and oxygen atoms in total. The first-order valence-corrected chi connectivity index (χ1v) is 10.8. The number of rotatable bonds is 6. The summed E-state index contributed by atoms with van der Waals surface area (Å²) in [5.41, 5.74) is -4.15. The van der Waals surface area contributed by atoms with Crippen LogP contribution in [0.15, 0.2) is 30.3 Å². The molecule has 0 spiro atoms. The van der Waals surface area contributed by atoms with Gasteiger partial charge in [-0.1, -0.05) is 44.7 Å². The third kappa shape index (κ3) is 7.06. The molecule has 2 aromatic rings. The van der Waals surface area contributed by atoms with E-state index in [1.54, 1.807) is 30.3 Å². The van der Waals surface area contributed by atoms with Crippen molar-refractivity contribution in [2.45, 2.75) is 51.0 Å². The molecule has 0 saturated carbocycles. The molecule has 0 aliphatic heterocycles. The average molecular weight is 429 g/mol. The molecule has 2 rings (SSSR count). The lowest BCUT2D eigenvalue weighted by Gasteiger charge is -2.01. The Hall–Kier alpha value is -0.670. The van der Waals surface area contributed by atoms with Crippen LogP contribution in [0.2, 0.25) is 0 Å². The number of halogens is 4. The summed E-state index contributed by atoms with van der Waals surface area (Å²) in [4.78, 5) is 0.565. The van der Waals surface area contributed by atoms with Gasteiger partial charge in [0, 0.05) is 17.9 Å². The smallest absolute Gasteiger partial charge is 0.405 e. The summed E-state index contributed by atoms with van der Waals surface area (Å²) in [6.45, 7) is 2.14. The van der Waals surface area contributed by atoms with E-state index >= 15 is 0 Å². The van der Waals surface area contributed by atoms with E-state index in [4.69, 9.17) is 12.6 Å². The van der Waals surface area contributed by atoms with Crippen LogP contribution in [0, 0.1) is 14.8 Å². The summed E-state index contributed by atoms with van der Waals surface area (Å²) in [6, 6.07) is 8.66. The number of aryl methyl sites for hydroxylation is 1. The van der Waals surface area contributed by atoms with Crippen molar-refractivity contribution in [3.63, 3.8) is 0 Å². The van der Waals surface area contributed by atoms with Gasteiger partial charge in [0.25, 0.3) is 0 Å². The molecule has 0 N–H and O–H groups in total. The quantitative estimate of drug-likeness (QED) is 0.524. The molecule has 0 aliphatic rings. The minimum atomic E-state index is -4.15. The zero-order valence-corrected chi connectivity index (χ0v) is 15.7. The van der Waals surface area contributed by atoms with Crippen molar-refractivity contribution in [3.8, 4) is 0 Å². The van der Waals surface area contributed by atoms with Crippen molar-refractivity contribution in [1.82, 2.24) is 0 Å². The Morgan fingerprint density at radius 2 is 1.58 bits per heavy atom. The van der Waals surface area contributed by atoms with Crippen LogP contribution in [0.4, 0.5) is 13.2 Å². The highest BCUT2D eigenvalue weighted by Gasteiger charge is 2.47. The average Bonchev–Trinajstić information content (AvgIpc) is 2.84. The number of thiophene rings is 1. The van der Waals surface area contributed by atoms with Crippen LogP contribution in [0.5, 0.6) is 0 Å². The Morgan fingerprint density at radius 1 is 1.00 bits per heavy atom. The summed E-state index contributed by atoms with van der Waals surface area (Å²) < 4.78 is 65.9. The van der Waals surface area contributed by atoms with Crippen LogP contribution >= 0.6 is 10.5 Å². The van der Waals surface area contributed by atoms with Gasteiger partial charge in [-0.05, 0) is 18.6 Å².